The fraction of sp³-hybridized carbons (Fsp3) is 0.583. The highest BCUT2D eigenvalue weighted by molar-refractivity contribution is 7.89. The molecule has 0 bridgehead atoms. The molecule has 0 unspecified atom stereocenters. The minimum atomic E-state index is -3.65. The molecule has 1 fully saturated rings. The molecule has 3 N–H and O–H groups in total. The molecule has 1 aromatic rings. The van der Waals surface area contributed by atoms with E-state index in [1.54, 1.807) is 0 Å². The maximum Gasteiger partial charge on any atom is 0.352 e. The molecular weight excluding hydrogens is 268 g/mol. The first kappa shape index (κ1) is 14.1. The number of aromatic amines is 1. The molecule has 1 aromatic heterocycles. The Balaban J connectivity index is 2.10. The molecule has 0 aromatic carbocycles. The molecule has 0 radical (unpaired) electrons. The van der Waals surface area contributed by atoms with Gasteiger partial charge in [-0.05, 0) is 31.7 Å². The summed E-state index contributed by atoms with van der Waals surface area (Å²) in [6, 6.07) is 1.00. The van der Waals surface area contributed by atoms with Crippen molar-refractivity contribution < 1.29 is 18.3 Å². The number of carboxylic acid groups (broad SMARTS) is 1. The average molecular weight is 286 g/mol. The molecule has 0 amide bonds. The van der Waals surface area contributed by atoms with Crippen LogP contribution in [0.25, 0.3) is 0 Å². The highest BCUT2D eigenvalue weighted by Crippen LogP contribution is 2.28. The van der Waals surface area contributed by atoms with Crippen LogP contribution in [0.2, 0.25) is 0 Å². The third-order valence-electron chi connectivity index (χ3n) is 3.65. The SMILES string of the molecule is C[C@H](NS(=O)(=O)c1c[nH]c(C(=O)O)c1)C1CCCC1. The standard InChI is InChI=1S/C12H18N2O4S/c1-8(9-4-2-3-5-9)14-19(17,18)10-6-11(12(15)16)13-7-10/h6-9,13-14H,2-5H2,1H3,(H,15,16)/t8-/m0/s1. The number of carboxylic acids is 1. The Bertz CT molecular complexity index is 558. The number of hydrogen-bond acceptors (Lipinski definition) is 3. The summed E-state index contributed by atoms with van der Waals surface area (Å²) in [5.41, 5.74) is -0.131. The Kier molecular flexibility index (Phi) is 3.96. The lowest BCUT2D eigenvalue weighted by Crippen LogP contribution is -2.37. The lowest BCUT2D eigenvalue weighted by atomic mass is 10.0. The summed E-state index contributed by atoms with van der Waals surface area (Å²) in [7, 11) is -3.65. The molecule has 106 valence electrons. The third-order valence-corrected chi connectivity index (χ3v) is 5.18. The van der Waals surface area contributed by atoms with E-state index in [9.17, 15) is 13.2 Å². The second kappa shape index (κ2) is 5.34. The second-order valence-electron chi connectivity index (χ2n) is 5.01. The fourth-order valence-corrected chi connectivity index (χ4v) is 3.82. The van der Waals surface area contributed by atoms with E-state index in [-0.39, 0.29) is 16.6 Å². The minimum Gasteiger partial charge on any atom is -0.477 e. The number of aromatic carboxylic acids is 1. The largest absolute Gasteiger partial charge is 0.477 e. The summed E-state index contributed by atoms with van der Waals surface area (Å²) in [6.45, 7) is 1.86. The first-order chi connectivity index (χ1) is 8.90. The summed E-state index contributed by atoms with van der Waals surface area (Å²) in [5, 5.41) is 8.77. The number of aromatic nitrogens is 1. The molecule has 1 atom stereocenters. The molecule has 7 heteroatoms. The molecule has 1 heterocycles. The van der Waals surface area contributed by atoms with Crippen molar-refractivity contribution in [2.45, 2.75) is 43.5 Å². The van der Waals surface area contributed by atoms with Crippen LogP contribution in [0.3, 0.4) is 0 Å². The Labute approximate surface area is 112 Å². The summed E-state index contributed by atoms with van der Waals surface area (Å²) in [6.07, 6.45) is 5.57. The van der Waals surface area contributed by atoms with Crippen LogP contribution in [0.5, 0.6) is 0 Å². The quantitative estimate of drug-likeness (QED) is 0.765. The molecule has 2 rings (SSSR count). The summed E-state index contributed by atoms with van der Waals surface area (Å²) < 4.78 is 26.8. The van der Waals surface area contributed by atoms with E-state index in [1.807, 2.05) is 6.92 Å². The molecule has 0 saturated heterocycles. The summed E-state index contributed by atoms with van der Waals surface area (Å²) >= 11 is 0. The van der Waals surface area contributed by atoms with Crippen LogP contribution in [0.1, 0.15) is 43.1 Å². The van der Waals surface area contributed by atoms with Gasteiger partial charge in [-0.2, -0.15) is 0 Å². The third kappa shape index (κ3) is 3.16. The molecule has 1 aliphatic rings. The van der Waals surface area contributed by atoms with Crippen LogP contribution >= 0.6 is 0 Å². The zero-order valence-corrected chi connectivity index (χ0v) is 11.5. The van der Waals surface area contributed by atoms with Gasteiger partial charge in [-0.1, -0.05) is 12.8 Å². The predicted octanol–water partition coefficient (Wildman–Crippen LogP) is 1.57. The highest BCUT2D eigenvalue weighted by Gasteiger charge is 2.27. The van der Waals surface area contributed by atoms with Crippen molar-refractivity contribution in [1.82, 2.24) is 9.71 Å². The van der Waals surface area contributed by atoms with Crippen LogP contribution in [0.4, 0.5) is 0 Å². The number of carbonyl (C=O) groups is 1. The van der Waals surface area contributed by atoms with Crippen molar-refractivity contribution in [3.8, 4) is 0 Å². The van der Waals surface area contributed by atoms with Gasteiger partial charge in [-0.25, -0.2) is 17.9 Å². The van der Waals surface area contributed by atoms with Gasteiger partial charge < -0.3 is 10.1 Å². The molecule has 1 saturated carbocycles. The van der Waals surface area contributed by atoms with Crippen LogP contribution in [0, 0.1) is 5.92 Å². The Morgan fingerprint density at radius 3 is 2.63 bits per heavy atom. The van der Waals surface area contributed by atoms with E-state index in [1.165, 1.54) is 6.20 Å². The van der Waals surface area contributed by atoms with Gasteiger partial charge in [-0.15, -0.1) is 0 Å². The number of rotatable bonds is 5. The molecule has 0 spiro atoms. The van der Waals surface area contributed by atoms with E-state index in [4.69, 9.17) is 5.11 Å². The fourth-order valence-electron chi connectivity index (χ4n) is 2.52. The summed E-state index contributed by atoms with van der Waals surface area (Å²) in [5.74, 6) is -0.807. The Hall–Kier alpha value is -1.34. The monoisotopic (exact) mass is 286 g/mol. The van der Waals surface area contributed by atoms with E-state index < -0.39 is 16.0 Å². The number of sulfonamides is 1. The highest BCUT2D eigenvalue weighted by atomic mass is 32.2. The van der Waals surface area contributed by atoms with Crippen molar-refractivity contribution in [3.63, 3.8) is 0 Å². The predicted molar refractivity (Wildman–Crippen MR) is 69.5 cm³/mol. The average Bonchev–Trinajstić information content (AvgIpc) is 3.00. The summed E-state index contributed by atoms with van der Waals surface area (Å²) in [4.78, 5) is 13.1. The molecule has 6 nitrogen and oxygen atoms in total. The smallest absolute Gasteiger partial charge is 0.352 e. The van der Waals surface area contributed by atoms with E-state index in [0.717, 1.165) is 31.7 Å². The number of nitrogens with one attached hydrogen (secondary N) is 2. The van der Waals surface area contributed by atoms with Crippen LogP contribution in [0.15, 0.2) is 17.2 Å². The molecule has 0 aliphatic heterocycles. The number of H-pyrrole nitrogens is 1. The first-order valence-corrected chi connectivity index (χ1v) is 7.82. The zero-order valence-electron chi connectivity index (χ0n) is 10.7. The van der Waals surface area contributed by atoms with Gasteiger partial charge in [0.2, 0.25) is 10.0 Å². The van der Waals surface area contributed by atoms with Gasteiger partial charge >= 0.3 is 5.97 Å². The van der Waals surface area contributed by atoms with Crippen molar-refractivity contribution in [3.05, 3.63) is 18.0 Å². The van der Waals surface area contributed by atoms with Crippen LogP contribution in [-0.4, -0.2) is 30.5 Å². The van der Waals surface area contributed by atoms with Crippen LogP contribution in [-0.2, 0) is 10.0 Å². The first-order valence-electron chi connectivity index (χ1n) is 6.34. The topological polar surface area (TPSA) is 99.3 Å². The van der Waals surface area contributed by atoms with E-state index in [2.05, 4.69) is 9.71 Å². The van der Waals surface area contributed by atoms with Gasteiger partial charge in [0, 0.05) is 12.2 Å². The second-order valence-corrected chi connectivity index (χ2v) is 6.72. The van der Waals surface area contributed by atoms with Gasteiger partial charge in [0.05, 0.1) is 0 Å². The van der Waals surface area contributed by atoms with E-state index >= 15 is 0 Å². The van der Waals surface area contributed by atoms with Gasteiger partial charge in [-0.3, -0.25) is 0 Å². The lowest BCUT2D eigenvalue weighted by Gasteiger charge is -2.19. The normalized spacial score (nSPS) is 18.6. The van der Waals surface area contributed by atoms with Crippen molar-refractivity contribution in [1.29, 1.82) is 0 Å². The van der Waals surface area contributed by atoms with Crippen LogP contribution < -0.4 is 4.72 Å². The zero-order chi connectivity index (χ0) is 14.0. The number of hydrogen-bond donors (Lipinski definition) is 3. The molecular formula is C12H18N2O4S. The van der Waals surface area contributed by atoms with Crippen molar-refractivity contribution in [2.24, 2.45) is 5.92 Å². The molecule has 19 heavy (non-hydrogen) atoms. The maximum atomic E-state index is 12.1. The Morgan fingerprint density at radius 2 is 2.11 bits per heavy atom. The lowest BCUT2D eigenvalue weighted by molar-refractivity contribution is 0.0691. The van der Waals surface area contributed by atoms with E-state index in [0.29, 0.717) is 5.92 Å². The van der Waals surface area contributed by atoms with Gasteiger partial charge in [0.1, 0.15) is 10.6 Å². The van der Waals surface area contributed by atoms with Crippen molar-refractivity contribution >= 4 is 16.0 Å². The minimum absolute atomic E-state index is 0.0326. The van der Waals surface area contributed by atoms with Gasteiger partial charge in [0.25, 0.3) is 0 Å². The maximum absolute atomic E-state index is 12.1. The van der Waals surface area contributed by atoms with Crippen molar-refractivity contribution in [2.75, 3.05) is 0 Å². The van der Waals surface area contributed by atoms with Gasteiger partial charge in [0.15, 0.2) is 0 Å². The Morgan fingerprint density at radius 1 is 1.47 bits per heavy atom. The molecule has 1 aliphatic carbocycles.